The summed E-state index contributed by atoms with van der Waals surface area (Å²) in [6.07, 6.45) is 6.93. The van der Waals surface area contributed by atoms with Gasteiger partial charge in [0.15, 0.2) is 5.65 Å². The van der Waals surface area contributed by atoms with Crippen LogP contribution in [0.15, 0.2) is 42.7 Å². The van der Waals surface area contributed by atoms with Gasteiger partial charge in [-0.05, 0) is 25.0 Å². The van der Waals surface area contributed by atoms with Gasteiger partial charge in [-0.2, -0.15) is 9.61 Å². The molecule has 1 aliphatic rings. The van der Waals surface area contributed by atoms with Gasteiger partial charge in [0.05, 0.1) is 6.20 Å². The molecule has 3 aromatic rings. The first-order chi connectivity index (χ1) is 10.9. The van der Waals surface area contributed by atoms with Crippen LogP contribution in [-0.2, 0) is 6.42 Å². The number of aromatic nitrogens is 4. The van der Waals surface area contributed by atoms with Crippen molar-refractivity contribution in [3.8, 4) is 0 Å². The molecule has 4 rings (SSSR count). The van der Waals surface area contributed by atoms with E-state index in [1.54, 1.807) is 6.20 Å². The van der Waals surface area contributed by atoms with Crippen molar-refractivity contribution >= 4 is 17.3 Å². The summed E-state index contributed by atoms with van der Waals surface area (Å²) in [6.45, 7) is 0.803. The summed E-state index contributed by atoms with van der Waals surface area (Å²) < 4.78 is 1.85. The lowest BCUT2D eigenvalue weighted by Crippen LogP contribution is -2.11. The molecule has 1 fully saturated rings. The third-order valence-electron chi connectivity index (χ3n) is 3.70. The van der Waals surface area contributed by atoms with Crippen molar-refractivity contribution in [1.82, 2.24) is 19.6 Å². The van der Waals surface area contributed by atoms with Crippen molar-refractivity contribution in [1.29, 1.82) is 0 Å². The number of hydrogen-bond donors (Lipinski definition) is 2. The quantitative estimate of drug-likeness (QED) is 0.730. The van der Waals surface area contributed by atoms with Crippen LogP contribution in [0.4, 0.5) is 11.6 Å². The molecular formula is C16H18N6. The van der Waals surface area contributed by atoms with Crippen molar-refractivity contribution in [2.45, 2.75) is 25.3 Å². The van der Waals surface area contributed by atoms with Crippen molar-refractivity contribution in [2.75, 3.05) is 17.2 Å². The van der Waals surface area contributed by atoms with E-state index >= 15 is 0 Å². The second-order valence-corrected chi connectivity index (χ2v) is 5.54. The Morgan fingerprint density at radius 2 is 2.14 bits per heavy atom. The smallest absolute Gasteiger partial charge is 0.159 e. The van der Waals surface area contributed by atoms with Crippen LogP contribution in [0, 0.1) is 0 Å². The Morgan fingerprint density at radius 3 is 2.95 bits per heavy atom. The average Bonchev–Trinajstić information content (AvgIpc) is 3.22. The zero-order valence-electron chi connectivity index (χ0n) is 12.2. The maximum atomic E-state index is 4.58. The molecule has 0 bridgehead atoms. The van der Waals surface area contributed by atoms with E-state index in [4.69, 9.17) is 0 Å². The first kappa shape index (κ1) is 13.1. The number of nitrogens with one attached hydrogen (secondary N) is 2. The Labute approximate surface area is 128 Å². The molecule has 0 radical (unpaired) electrons. The third kappa shape index (κ3) is 2.86. The molecule has 0 unspecified atom stereocenters. The van der Waals surface area contributed by atoms with E-state index in [9.17, 15) is 0 Å². The first-order valence-electron chi connectivity index (χ1n) is 7.63. The normalized spacial score (nSPS) is 14.2. The topological polar surface area (TPSA) is 67.1 Å². The molecule has 112 valence electrons. The molecule has 3 heterocycles. The number of nitrogens with zero attached hydrogens (tertiary/aromatic N) is 4. The lowest BCUT2D eigenvalue weighted by molar-refractivity contribution is 0.915. The van der Waals surface area contributed by atoms with E-state index in [1.165, 1.54) is 12.8 Å². The van der Waals surface area contributed by atoms with Crippen molar-refractivity contribution in [2.24, 2.45) is 0 Å². The fraction of sp³-hybridized carbons (Fsp3) is 0.312. The fourth-order valence-electron chi connectivity index (χ4n) is 2.41. The van der Waals surface area contributed by atoms with Gasteiger partial charge in [-0.25, -0.2) is 4.98 Å². The number of fused-ring (bicyclic) bond motifs is 1. The van der Waals surface area contributed by atoms with Gasteiger partial charge in [-0.15, -0.1) is 0 Å². The lowest BCUT2D eigenvalue weighted by Gasteiger charge is -2.11. The first-order valence-corrected chi connectivity index (χ1v) is 7.63. The van der Waals surface area contributed by atoms with Crippen molar-refractivity contribution in [3.05, 3.63) is 48.4 Å². The summed E-state index contributed by atoms with van der Waals surface area (Å²) in [5.41, 5.74) is 1.93. The molecule has 0 aliphatic heterocycles. The number of rotatable bonds is 6. The van der Waals surface area contributed by atoms with Crippen LogP contribution in [0.5, 0.6) is 0 Å². The van der Waals surface area contributed by atoms with Crippen LogP contribution in [0.1, 0.15) is 18.5 Å². The molecule has 6 nitrogen and oxygen atoms in total. The van der Waals surface area contributed by atoms with Crippen LogP contribution < -0.4 is 10.6 Å². The van der Waals surface area contributed by atoms with Crippen LogP contribution >= 0.6 is 0 Å². The molecule has 1 saturated carbocycles. The average molecular weight is 294 g/mol. The Bertz CT molecular complexity index is 763. The molecule has 0 spiro atoms. The van der Waals surface area contributed by atoms with Crippen LogP contribution in [-0.4, -0.2) is 32.2 Å². The second kappa shape index (κ2) is 5.63. The summed E-state index contributed by atoms with van der Waals surface area (Å²) in [4.78, 5) is 8.91. The van der Waals surface area contributed by atoms with E-state index in [1.807, 2.05) is 41.0 Å². The van der Waals surface area contributed by atoms with E-state index in [0.29, 0.717) is 6.04 Å². The summed E-state index contributed by atoms with van der Waals surface area (Å²) >= 11 is 0. The van der Waals surface area contributed by atoms with Gasteiger partial charge in [0.1, 0.15) is 11.6 Å². The molecule has 0 amide bonds. The minimum atomic E-state index is 0.580. The van der Waals surface area contributed by atoms with Gasteiger partial charge in [0.2, 0.25) is 0 Å². The summed E-state index contributed by atoms with van der Waals surface area (Å²) in [5.74, 6) is 1.87. The number of hydrogen-bond acceptors (Lipinski definition) is 5. The summed E-state index contributed by atoms with van der Waals surface area (Å²) in [6, 6.07) is 10.5. The van der Waals surface area contributed by atoms with E-state index in [-0.39, 0.29) is 0 Å². The van der Waals surface area contributed by atoms with Crippen LogP contribution in [0.2, 0.25) is 0 Å². The molecule has 1 aliphatic carbocycles. The van der Waals surface area contributed by atoms with Crippen LogP contribution in [0.25, 0.3) is 5.65 Å². The highest BCUT2D eigenvalue weighted by Crippen LogP contribution is 2.26. The molecule has 0 saturated heterocycles. The Kier molecular flexibility index (Phi) is 3.34. The highest BCUT2D eigenvalue weighted by atomic mass is 15.3. The number of pyridine rings is 1. The molecule has 0 atom stereocenters. The maximum absolute atomic E-state index is 4.58. The summed E-state index contributed by atoms with van der Waals surface area (Å²) in [7, 11) is 0. The third-order valence-corrected chi connectivity index (χ3v) is 3.70. The van der Waals surface area contributed by atoms with Gasteiger partial charge in [-0.3, -0.25) is 4.98 Å². The standard InChI is InChI=1S/C16H18N6/c1-2-8-17-12(3-1)6-9-18-14-11-16(20-13-4-5-13)22-15(21-14)7-10-19-22/h1-3,7-8,10-11,13,20H,4-6,9H2,(H,18,21). The SMILES string of the molecule is c1ccc(CCNc2cc(NC3CC3)n3nccc3n2)nc1. The molecular weight excluding hydrogens is 276 g/mol. The number of anilines is 2. The zero-order chi connectivity index (χ0) is 14.8. The van der Waals surface area contributed by atoms with Gasteiger partial charge < -0.3 is 10.6 Å². The van der Waals surface area contributed by atoms with E-state index < -0.39 is 0 Å². The van der Waals surface area contributed by atoms with E-state index in [0.717, 1.165) is 35.9 Å². The van der Waals surface area contributed by atoms with Crippen molar-refractivity contribution in [3.63, 3.8) is 0 Å². The Hall–Kier alpha value is -2.63. The fourth-order valence-corrected chi connectivity index (χ4v) is 2.41. The molecule has 6 heteroatoms. The van der Waals surface area contributed by atoms with E-state index in [2.05, 4.69) is 25.7 Å². The van der Waals surface area contributed by atoms with Crippen molar-refractivity contribution < 1.29 is 0 Å². The molecule has 22 heavy (non-hydrogen) atoms. The highest BCUT2D eigenvalue weighted by Gasteiger charge is 2.22. The Morgan fingerprint density at radius 1 is 1.18 bits per heavy atom. The van der Waals surface area contributed by atoms with Crippen LogP contribution in [0.3, 0.4) is 0 Å². The predicted octanol–water partition coefficient (Wildman–Crippen LogP) is 2.35. The summed E-state index contributed by atoms with van der Waals surface area (Å²) in [5, 5.41) is 11.2. The predicted molar refractivity (Wildman–Crippen MR) is 86.1 cm³/mol. The van der Waals surface area contributed by atoms with Gasteiger partial charge in [0, 0.05) is 43.0 Å². The Balaban J connectivity index is 1.48. The minimum absolute atomic E-state index is 0.580. The minimum Gasteiger partial charge on any atom is -0.369 e. The molecule has 0 aromatic carbocycles. The molecule has 3 aromatic heterocycles. The lowest BCUT2D eigenvalue weighted by atomic mass is 10.3. The zero-order valence-corrected chi connectivity index (χ0v) is 12.2. The maximum Gasteiger partial charge on any atom is 0.159 e. The van der Waals surface area contributed by atoms with Gasteiger partial charge >= 0.3 is 0 Å². The second-order valence-electron chi connectivity index (χ2n) is 5.54. The highest BCUT2D eigenvalue weighted by molar-refractivity contribution is 5.57. The largest absolute Gasteiger partial charge is 0.369 e. The molecule has 2 N–H and O–H groups in total. The van der Waals surface area contributed by atoms with Gasteiger partial charge in [0.25, 0.3) is 0 Å². The van der Waals surface area contributed by atoms with Gasteiger partial charge in [-0.1, -0.05) is 6.07 Å². The monoisotopic (exact) mass is 294 g/mol.